The van der Waals surface area contributed by atoms with Crippen molar-refractivity contribution in [3.8, 4) is 23.0 Å². The highest BCUT2D eigenvalue weighted by molar-refractivity contribution is 8.18. The molecule has 4 aromatic rings. The van der Waals surface area contributed by atoms with Gasteiger partial charge >= 0.3 is 11.9 Å². The van der Waals surface area contributed by atoms with Crippen molar-refractivity contribution in [2.45, 2.75) is 323 Å². The molecule has 0 radical (unpaired) electrons. The summed E-state index contributed by atoms with van der Waals surface area (Å²) in [7, 11) is 1.30. The van der Waals surface area contributed by atoms with Crippen LogP contribution in [0.1, 0.15) is 284 Å². The van der Waals surface area contributed by atoms with Crippen molar-refractivity contribution >= 4 is 59.0 Å². The first-order valence-electron chi connectivity index (χ1n) is 33.4. The van der Waals surface area contributed by atoms with Crippen LogP contribution >= 0.6 is 47.0 Å². The minimum Gasteiger partial charge on any atom is -0.507 e. The van der Waals surface area contributed by atoms with Gasteiger partial charge in [-0.3, -0.25) is 9.59 Å². The van der Waals surface area contributed by atoms with E-state index in [2.05, 4.69) is 255 Å². The van der Waals surface area contributed by atoms with Gasteiger partial charge in [-0.15, -0.1) is 47.0 Å². The quantitative estimate of drug-likeness (QED) is 0.0229. The first kappa shape index (κ1) is 82.6. The maximum atomic E-state index is 12.4. The van der Waals surface area contributed by atoms with E-state index in [0.717, 1.165) is 67.7 Å². The predicted molar refractivity (Wildman–Crippen MR) is 396 cm³/mol. The predicted octanol–water partition coefficient (Wildman–Crippen LogP) is 21.2. The summed E-state index contributed by atoms with van der Waals surface area (Å²) in [6, 6.07) is 17.1. The molecular formula is C78H125NO9S4. The van der Waals surface area contributed by atoms with E-state index in [1.54, 1.807) is 30.4 Å². The molecule has 0 saturated heterocycles. The van der Waals surface area contributed by atoms with Crippen LogP contribution in [0.2, 0.25) is 0 Å². The van der Waals surface area contributed by atoms with Gasteiger partial charge < -0.3 is 39.6 Å². The highest BCUT2D eigenvalue weighted by atomic mass is 32.2. The molecule has 0 aliphatic carbocycles. The number of aromatic hydroxyl groups is 2. The monoisotopic (exact) mass is 1350 g/mol. The lowest BCUT2D eigenvalue weighted by Crippen LogP contribution is -2.43. The minimum absolute atomic E-state index is 0.00579. The maximum Gasteiger partial charge on any atom is 0.322 e. The molecule has 14 heteroatoms. The molecule has 0 fully saturated rings. The Balaban J connectivity index is 0.000000497. The zero-order valence-corrected chi connectivity index (χ0v) is 66.3. The number of nitrogens with one attached hydrogen (secondary N) is 1. The Hall–Kier alpha value is -3.66. The van der Waals surface area contributed by atoms with Crippen molar-refractivity contribution in [2.24, 2.45) is 0 Å². The number of rotatable bonds is 24. The Labute approximate surface area is 577 Å². The van der Waals surface area contributed by atoms with Crippen molar-refractivity contribution in [1.29, 1.82) is 0 Å². The van der Waals surface area contributed by atoms with Gasteiger partial charge in [-0.05, 0) is 139 Å². The van der Waals surface area contributed by atoms with Gasteiger partial charge in [0.05, 0.1) is 28.5 Å². The summed E-state index contributed by atoms with van der Waals surface area (Å²) < 4.78 is 22.6. The molecule has 4 aromatic carbocycles. The van der Waals surface area contributed by atoms with Crippen LogP contribution in [0.5, 0.6) is 23.0 Å². The number of benzene rings is 4. The second-order valence-electron chi connectivity index (χ2n) is 34.0. The number of esters is 2. The zero-order valence-electron chi connectivity index (χ0n) is 63.1. The van der Waals surface area contributed by atoms with Gasteiger partial charge in [0.15, 0.2) is 0 Å². The van der Waals surface area contributed by atoms with Gasteiger partial charge in [0.25, 0.3) is 0 Å². The molecule has 92 heavy (non-hydrogen) atoms. The molecule has 4 N–H and O–H groups in total. The molecule has 520 valence electrons. The topological polar surface area (TPSA) is 144 Å². The molecule has 4 rings (SSSR count). The van der Waals surface area contributed by atoms with Gasteiger partial charge in [-0.25, -0.2) is 0 Å². The number of aliphatic hydroxyl groups is 1. The number of ether oxygens (including phenoxy) is 4. The Morgan fingerprint density at radius 3 is 1.02 bits per heavy atom. The fourth-order valence-corrected chi connectivity index (χ4v) is 15.8. The van der Waals surface area contributed by atoms with Crippen LogP contribution in [0.15, 0.2) is 68.1 Å². The average molecular weight is 1350 g/mol. The van der Waals surface area contributed by atoms with E-state index in [1.807, 2.05) is 23.5 Å². The van der Waals surface area contributed by atoms with E-state index >= 15 is 0 Å². The minimum atomic E-state index is -0.930. The highest BCUT2D eigenvalue weighted by Gasteiger charge is 2.36. The number of hydrogen-bond donors (Lipinski definition) is 4. The van der Waals surface area contributed by atoms with Crippen molar-refractivity contribution in [1.82, 2.24) is 5.32 Å². The second-order valence-corrected chi connectivity index (χ2v) is 41.3. The molecule has 0 aliphatic heterocycles. The Bertz CT molecular complexity index is 2950. The van der Waals surface area contributed by atoms with E-state index in [4.69, 9.17) is 18.9 Å². The number of aliphatic hydroxyl groups excluding tert-OH is 1. The van der Waals surface area contributed by atoms with Crippen LogP contribution in [-0.2, 0) is 62.4 Å². The SMILES string of the molecule is CCCCCOc1c(C(C)(C)C)cc(SC(C)(C)Sc2cc(C(C)(C)C)c(O)c(C(C)(C)C)c2)cc1C(C)(C)C.CCOC(=O)CC[C@H](NCC(O)COc1c(C(C)(C)C)cc(SC(C)(C)Sc2cc(C(C)(C)C)c(O)c(C(C)(C)C)c2)cc1C(C)(C)C)C(=O)OC. The molecular weight excluding hydrogens is 1220 g/mol. The van der Waals surface area contributed by atoms with Crippen LogP contribution in [0.25, 0.3) is 0 Å². The second kappa shape index (κ2) is 32.1. The van der Waals surface area contributed by atoms with Gasteiger partial charge in [-0.1, -0.05) is 186 Å². The summed E-state index contributed by atoms with van der Waals surface area (Å²) in [5, 5.41) is 36.6. The van der Waals surface area contributed by atoms with Crippen LogP contribution in [-0.4, -0.2) is 81.0 Å². The van der Waals surface area contributed by atoms with Gasteiger partial charge in [-0.2, -0.15) is 0 Å². The summed E-state index contributed by atoms with van der Waals surface area (Å²) in [6.07, 6.45) is 2.79. The normalized spacial score (nSPS) is 13.9. The van der Waals surface area contributed by atoms with Crippen molar-refractivity contribution in [2.75, 3.05) is 33.5 Å². The third-order valence-electron chi connectivity index (χ3n) is 15.7. The van der Waals surface area contributed by atoms with Crippen LogP contribution in [0.4, 0.5) is 0 Å². The molecule has 0 aromatic heterocycles. The largest absolute Gasteiger partial charge is 0.507 e. The van der Waals surface area contributed by atoms with Crippen LogP contribution < -0.4 is 14.8 Å². The third kappa shape index (κ3) is 25.1. The number of methoxy groups -OCH3 is 1. The number of hydrogen-bond acceptors (Lipinski definition) is 14. The molecule has 0 aliphatic rings. The molecule has 0 bridgehead atoms. The first-order valence-corrected chi connectivity index (χ1v) is 36.6. The van der Waals surface area contributed by atoms with Crippen LogP contribution in [0.3, 0.4) is 0 Å². The highest BCUT2D eigenvalue weighted by Crippen LogP contribution is 2.54. The molecule has 1 unspecified atom stereocenters. The van der Waals surface area contributed by atoms with E-state index < -0.39 is 18.1 Å². The molecule has 0 spiro atoms. The standard InChI is InChI=1S/C42H67NO7S2.C36H58O2S2/c1-17-49-34(45)19-18-33(37(47)48-16)43-24-26(44)25-50-36-31(40(8,9)10)22-28(23-32(36)41(11,12)13)52-42(14,15)51-27-20-29(38(2,3)4)35(46)30(21-27)39(5,6)7;1-16-17-18-19-38-31-28(34(8,9)10)22-25(23-29(31)35(11,12)13)40-36(14,15)39-24-20-26(32(2,3)4)30(37)27(21-24)33(5,6)7/h20-23,26,33,43-44,46H,17-19,24-25H2,1-16H3;20-23,37H,16-19H2,1-15H3/t26?,33-;/m0./s1. The smallest absolute Gasteiger partial charge is 0.322 e. The number of phenolic OH excluding ortho intramolecular Hbond substituents is 2. The molecule has 0 amide bonds. The Morgan fingerprint density at radius 2 is 0.750 bits per heavy atom. The molecule has 2 atom stereocenters. The molecule has 10 nitrogen and oxygen atoms in total. The Kier molecular flexibility index (Phi) is 28.8. The van der Waals surface area contributed by atoms with Gasteiger partial charge in [0.2, 0.25) is 0 Å². The molecule has 0 heterocycles. The van der Waals surface area contributed by atoms with E-state index in [9.17, 15) is 24.9 Å². The number of phenols is 2. The average Bonchev–Trinajstić information content (AvgIpc) is 0.798. The van der Waals surface area contributed by atoms with Crippen LogP contribution in [0, 0.1) is 0 Å². The van der Waals surface area contributed by atoms with Gasteiger partial charge in [0, 0.05) is 77.1 Å². The maximum absolute atomic E-state index is 12.4. The first-order chi connectivity index (χ1) is 41.6. The summed E-state index contributed by atoms with van der Waals surface area (Å²) in [5.41, 5.74) is 7.26. The zero-order chi connectivity index (χ0) is 70.9. The molecule has 0 saturated carbocycles. The number of unbranched alkanes of at least 4 members (excludes halogenated alkanes) is 2. The van der Waals surface area contributed by atoms with Crippen molar-refractivity contribution < 1.29 is 43.9 Å². The summed E-state index contributed by atoms with van der Waals surface area (Å²) in [4.78, 5) is 29.0. The fraction of sp³-hybridized carbons (Fsp3) is 0.667. The number of thioether (sulfide) groups is 4. The lowest BCUT2D eigenvalue weighted by Gasteiger charge is -2.33. The lowest BCUT2D eigenvalue weighted by molar-refractivity contribution is -0.145. The number of carbonyl (C=O) groups is 2. The number of carbonyl (C=O) groups excluding carboxylic acids is 2. The lowest BCUT2D eigenvalue weighted by atomic mass is 9.79. The van der Waals surface area contributed by atoms with Crippen molar-refractivity contribution in [3.05, 3.63) is 93.0 Å². The Morgan fingerprint density at radius 1 is 0.457 bits per heavy atom. The fourth-order valence-electron chi connectivity index (χ4n) is 10.6. The summed E-state index contributed by atoms with van der Waals surface area (Å²) in [5.74, 6) is 1.76. The van der Waals surface area contributed by atoms with E-state index in [-0.39, 0.29) is 90.0 Å². The van der Waals surface area contributed by atoms with Crippen molar-refractivity contribution in [3.63, 3.8) is 0 Å². The van der Waals surface area contributed by atoms with E-state index in [1.165, 1.54) is 40.9 Å². The third-order valence-corrected chi connectivity index (χ3v) is 20.5. The summed E-state index contributed by atoms with van der Waals surface area (Å²) in [6.45, 7) is 66.8. The van der Waals surface area contributed by atoms with Gasteiger partial charge in [0.1, 0.15) is 41.8 Å². The van der Waals surface area contributed by atoms with E-state index in [0.29, 0.717) is 11.5 Å². The summed E-state index contributed by atoms with van der Waals surface area (Å²) >= 11 is 7.39.